The molecule has 1 aromatic heterocycles. The molecule has 130 valence electrons. The number of rotatable bonds is 6. The van der Waals surface area contributed by atoms with E-state index < -0.39 is 0 Å². The van der Waals surface area contributed by atoms with E-state index in [4.69, 9.17) is 0 Å². The standard InChI is InChI=1S/C18H21N5O2/c1-12-9-20-16(10-19-12)11-21-18(25)23-15-4-2-13(3-5-15)8-17(24)22-14-6-7-14/h2-5,9-10,14H,6-8,11H2,1H3,(H,22,24)(H2,21,23,25). The molecule has 0 radical (unpaired) electrons. The Kier molecular flexibility index (Phi) is 5.23. The smallest absolute Gasteiger partial charge is 0.319 e. The molecule has 2 aromatic rings. The van der Waals surface area contributed by atoms with Crippen molar-refractivity contribution in [2.45, 2.75) is 38.8 Å². The lowest BCUT2D eigenvalue weighted by atomic mass is 10.1. The molecule has 0 aliphatic heterocycles. The fourth-order valence-electron chi connectivity index (χ4n) is 2.25. The number of hydrogen-bond acceptors (Lipinski definition) is 4. The first-order chi connectivity index (χ1) is 12.1. The zero-order chi connectivity index (χ0) is 17.6. The van der Waals surface area contributed by atoms with E-state index in [1.807, 2.05) is 19.1 Å². The van der Waals surface area contributed by atoms with Gasteiger partial charge in [0.1, 0.15) is 0 Å². The highest BCUT2D eigenvalue weighted by Gasteiger charge is 2.22. The molecule has 3 amide bonds. The molecular formula is C18H21N5O2. The summed E-state index contributed by atoms with van der Waals surface area (Å²) in [6, 6.07) is 7.30. The number of benzene rings is 1. The summed E-state index contributed by atoms with van der Waals surface area (Å²) in [5.41, 5.74) is 3.11. The van der Waals surface area contributed by atoms with Gasteiger partial charge in [0.2, 0.25) is 5.91 Å². The number of carbonyl (C=O) groups is 2. The number of amides is 3. The van der Waals surface area contributed by atoms with Crippen molar-refractivity contribution in [3.63, 3.8) is 0 Å². The van der Waals surface area contributed by atoms with Gasteiger partial charge < -0.3 is 16.0 Å². The van der Waals surface area contributed by atoms with Crippen LogP contribution in [0.4, 0.5) is 10.5 Å². The molecule has 3 rings (SSSR count). The summed E-state index contributed by atoms with van der Waals surface area (Å²) < 4.78 is 0. The first kappa shape index (κ1) is 16.9. The Morgan fingerprint density at radius 1 is 1.12 bits per heavy atom. The molecule has 3 N–H and O–H groups in total. The minimum atomic E-state index is -0.318. The van der Waals surface area contributed by atoms with E-state index in [-0.39, 0.29) is 11.9 Å². The molecular weight excluding hydrogens is 318 g/mol. The number of nitrogens with zero attached hydrogens (tertiary/aromatic N) is 2. The number of aryl methyl sites for hydroxylation is 1. The monoisotopic (exact) mass is 339 g/mol. The largest absolute Gasteiger partial charge is 0.353 e. The summed E-state index contributed by atoms with van der Waals surface area (Å²) in [6.45, 7) is 2.16. The maximum Gasteiger partial charge on any atom is 0.319 e. The molecule has 0 spiro atoms. The number of urea groups is 1. The lowest BCUT2D eigenvalue weighted by molar-refractivity contribution is -0.120. The maximum absolute atomic E-state index is 11.9. The van der Waals surface area contributed by atoms with Gasteiger partial charge in [-0.25, -0.2) is 4.79 Å². The van der Waals surface area contributed by atoms with Gasteiger partial charge in [-0.3, -0.25) is 14.8 Å². The predicted octanol–water partition coefficient (Wildman–Crippen LogP) is 1.93. The number of anilines is 1. The molecule has 7 heteroatoms. The average molecular weight is 339 g/mol. The third kappa shape index (κ3) is 5.56. The average Bonchev–Trinajstić information content (AvgIpc) is 3.40. The van der Waals surface area contributed by atoms with Gasteiger partial charge in [-0.05, 0) is 37.5 Å². The van der Waals surface area contributed by atoms with Gasteiger partial charge >= 0.3 is 6.03 Å². The van der Waals surface area contributed by atoms with Gasteiger partial charge in [0.25, 0.3) is 0 Å². The van der Waals surface area contributed by atoms with Crippen LogP contribution in [0.1, 0.15) is 29.8 Å². The Balaban J connectivity index is 1.44. The lowest BCUT2D eigenvalue weighted by Crippen LogP contribution is -2.28. The van der Waals surface area contributed by atoms with Crippen LogP contribution in [0.2, 0.25) is 0 Å². The highest BCUT2D eigenvalue weighted by atomic mass is 16.2. The zero-order valence-corrected chi connectivity index (χ0v) is 14.1. The fourth-order valence-corrected chi connectivity index (χ4v) is 2.25. The number of hydrogen-bond donors (Lipinski definition) is 3. The zero-order valence-electron chi connectivity index (χ0n) is 14.1. The number of nitrogens with one attached hydrogen (secondary N) is 3. The van der Waals surface area contributed by atoms with E-state index in [0.717, 1.165) is 24.1 Å². The van der Waals surface area contributed by atoms with Crippen LogP contribution in [0.15, 0.2) is 36.7 Å². The number of aromatic nitrogens is 2. The highest BCUT2D eigenvalue weighted by Crippen LogP contribution is 2.19. The maximum atomic E-state index is 11.9. The highest BCUT2D eigenvalue weighted by molar-refractivity contribution is 5.89. The molecule has 0 atom stereocenters. The minimum Gasteiger partial charge on any atom is -0.353 e. The topological polar surface area (TPSA) is 96.0 Å². The molecule has 0 unspecified atom stereocenters. The number of carbonyl (C=O) groups excluding carboxylic acids is 2. The normalized spacial score (nSPS) is 13.2. The Hall–Kier alpha value is -2.96. The van der Waals surface area contributed by atoms with Crippen LogP contribution in [0, 0.1) is 6.92 Å². The molecule has 1 saturated carbocycles. The molecule has 0 saturated heterocycles. The second kappa shape index (κ2) is 7.74. The lowest BCUT2D eigenvalue weighted by Gasteiger charge is -2.08. The quantitative estimate of drug-likeness (QED) is 0.749. The van der Waals surface area contributed by atoms with Crippen LogP contribution in [0.25, 0.3) is 0 Å². The van der Waals surface area contributed by atoms with E-state index in [2.05, 4.69) is 25.9 Å². The summed E-state index contributed by atoms with van der Waals surface area (Å²) >= 11 is 0. The van der Waals surface area contributed by atoms with Crippen molar-refractivity contribution in [2.75, 3.05) is 5.32 Å². The molecule has 1 fully saturated rings. The van der Waals surface area contributed by atoms with Gasteiger partial charge in [0, 0.05) is 17.9 Å². The summed E-state index contributed by atoms with van der Waals surface area (Å²) in [7, 11) is 0. The Morgan fingerprint density at radius 3 is 2.52 bits per heavy atom. The summed E-state index contributed by atoms with van der Waals surface area (Å²) in [6.07, 6.45) is 5.81. The van der Waals surface area contributed by atoms with Crippen LogP contribution in [0.3, 0.4) is 0 Å². The van der Waals surface area contributed by atoms with Gasteiger partial charge in [-0.2, -0.15) is 0 Å². The summed E-state index contributed by atoms with van der Waals surface area (Å²) in [5.74, 6) is 0.0418. The van der Waals surface area contributed by atoms with Crippen LogP contribution in [-0.4, -0.2) is 27.9 Å². The molecule has 1 aromatic carbocycles. The fraction of sp³-hybridized carbons (Fsp3) is 0.333. The molecule has 25 heavy (non-hydrogen) atoms. The first-order valence-electron chi connectivity index (χ1n) is 8.29. The molecule has 1 aliphatic rings. The van der Waals surface area contributed by atoms with Crippen molar-refractivity contribution in [1.82, 2.24) is 20.6 Å². The van der Waals surface area contributed by atoms with Crippen molar-refractivity contribution < 1.29 is 9.59 Å². The van der Waals surface area contributed by atoms with Crippen molar-refractivity contribution >= 4 is 17.6 Å². The molecule has 1 aliphatic carbocycles. The molecule has 7 nitrogen and oxygen atoms in total. The van der Waals surface area contributed by atoms with E-state index >= 15 is 0 Å². The van der Waals surface area contributed by atoms with E-state index in [1.165, 1.54) is 0 Å². The Bertz CT molecular complexity index is 739. The predicted molar refractivity (Wildman–Crippen MR) is 93.9 cm³/mol. The van der Waals surface area contributed by atoms with Crippen LogP contribution < -0.4 is 16.0 Å². The van der Waals surface area contributed by atoms with Crippen LogP contribution in [0.5, 0.6) is 0 Å². The summed E-state index contributed by atoms with van der Waals surface area (Å²) in [4.78, 5) is 32.0. The van der Waals surface area contributed by atoms with Gasteiger partial charge in [0.15, 0.2) is 0 Å². The summed E-state index contributed by atoms with van der Waals surface area (Å²) in [5, 5.41) is 8.43. The van der Waals surface area contributed by atoms with E-state index in [1.54, 1.807) is 24.5 Å². The van der Waals surface area contributed by atoms with E-state index in [0.29, 0.717) is 30.4 Å². The van der Waals surface area contributed by atoms with Crippen molar-refractivity contribution in [3.8, 4) is 0 Å². The Labute approximate surface area is 146 Å². The van der Waals surface area contributed by atoms with Crippen LogP contribution >= 0.6 is 0 Å². The van der Waals surface area contributed by atoms with Crippen molar-refractivity contribution in [1.29, 1.82) is 0 Å². The van der Waals surface area contributed by atoms with Crippen molar-refractivity contribution in [2.24, 2.45) is 0 Å². The SMILES string of the molecule is Cc1cnc(CNC(=O)Nc2ccc(CC(=O)NC3CC3)cc2)cn1. The second-order valence-corrected chi connectivity index (χ2v) is 6.17. The Morgan fingerprint density at radius 2 is 1.88 bits per heavy atom. The third-order valence-electron chi connectivity index (χ3n) is 3.78. The first-order valence-corrected chi connectivity index (χ1v) is 8.29. The van der Waals surface area contributed by atoms with Crippen molar-refractivity contribution in [3.05, 3.63) is 53.6 Å². The molecule has 1 heterocycles. The van der Waals surface area contributed by atoms with E-state index in [9.17, 15) is 9.59 Å². The van der Waals surface area contributed by atoms with Gasteiger partial charge in [0.05, 0.1) is 30.6 Å². The van der Waals surface area contributed by atoms with Gasteiger partial charge in [-0.15, -0.1) is 0 Å². The molecule has 0 bridgehead atoms. The minimum absolute atomic E-state index is 0.0418. The third-order valence-corrected chi connectivity index (χ3v) is 3.78. The van der Waals surface area contributed by atoms with Crippen LogP contribution in [-0.2, 0) is 17.8 Å². The second-order valence-electron chi connectivity index (χ2n) is 6.17. The van der Waals surface area contributed by atoms with Gasteiger partial charge in [-0.1, -0.05) is 12.1 Å².